The first-order valence-corrected chi connectivity index (χ1v) is 17.6. The van der Waals surface area contributed by atoms with Gasteiger partial charge in [0.25, 0.3) is 0 Å². The molecule has 7 rings (SSSR count). The van der Waals surface area contributed by atoms with Crippen LogP contribution in [-0.2, 0) is 55.6 Å². The van der Waals surface area contributed by atoms with Crippen molar-refractivity contribution in [1.29, 1.82) is 0 Å². The summed E-state index contributed by atoms with van der Waals surface area (Å²) in [6.45, 7) is 3.86. The summed E-state index contributed by atoms with van der Waals surface area (Å²) in [6.07, 6.45) is -1.74. The summed E-state index contributed by atoms with van der Waals surface area (Å²) in [6, 6.07) is 41.6. The van der Waals surface area contributed by atoms with Gasteiger partial charge in [-0.2, -0.15) is 0 Å². The van der Waals surface area contributed by atoms with Crippen LogP contribution in [-0.4, -0.2) is 43.9 Å². The van der Waals surface area contributed by atoms with Gasteiger partial charge in [0.05, 0.1) is 19.8 Å². The molecule has 0 aromatic heterocycles. The monoisotopic (exact) mass is 704 g/mol. The Morgan fingerprint density at radius 1 is 0.667 bits per heavy atom. The maximum absolute atomic E-state index is 12.9. The highest BCUT2D eigenvalue weighted by molar-refractivity contribution is 6.31. The zero-order chi connectivity index (χ0) is 35.0. The molecule has 7 nitrogen and oxygen atoms in total. The Balaban J connectivity index is 1.26. The van der Waals surface area contributed by atoms with Crippen LogP contribution in [0, 0.1) is 0 Å². The van der Waals surface area contributed by atoms with Gasteiger partial charge in [0, 0.05) is 5.02 Å². The molecule has 8 heteroatoms. The van der Waals surface area contributed by atoms with Gasteiger partial charge in [0.1, 0.15) is 43.2 Å². The van der Waals surface area contributed by atoms with Gasteiger partial charge < -0.3 is 33.2 Å². The molecule has 2 heterocycles. The van der Waals surface area contributed by atoms with E-state index in [1.807, 2.05) is 134 Å². The molecule has 1 fully saturated rings. The van der Waals surface area contributed by atoms with Crippen LogP contribution in [0.15, 0.2) is 127 Å². The average Bonchev–Trinajstić information content (AvgIpc) is 3.18. The molecule has 262 valence electrons. The van der Waals surface area contributed by atoms with E-state index in [4.69, 9.17) is 40.0 Å². The molecular weight excluding hydrogens is 664 g/mol. The highest BCUT2D eigenvalue weighted by atomic mass is 35.5. The summed E-state index contributed by atoms with van der Waals surface area (Å²) in [4.78, 5) is 12.9. The van der Waals surface area contributed by atoms with Crippen LogP contribution in [0.4, 0.5) is 0 Å². The van der Waals surface area contributed by atoms with Gasteiger partial charge in [-0.15, -0.1) is 0 Å². The summed E-state index contributed by atoms with van der Waals surface area (Å²) in [7, 11) is 0. The van der Waals surface area contributed by atoms with E-state index in [1.54, 1.807) is 0 Å². The van der Waals surface area contributed by atoms with Crippen molar-refractivity contribution in [2.45, 2.75) is 63.2 Å². The van der Waals surface area contributed by atoms with Crippen molar-refractivity contribution in [3.63, 3.8) is 0 Å². The smallest absolute Gasteiger partial charge is 0.161 e. The molecule has 1 saturated heterocycles. The highest BCUT2D eigenvalue weighted by Crippen LogP contribution is 2.44. The number of hydrogen-bond donors (Lipinski definition) is 0. The van der Waals surface area contributed by atoms with Crippen LogP contribution in [0.25, 0.3) is 0 Å². The van der Waals surface area contributed by atoms with Crippen molar-refractivity contribution in [2.75, 3.05) is 13.2 Å². The lowest BCUT2D eigenvalue weighted by Crippen LogP contribution is -2.64. The third kappa shape index (κ3) is 8.19. The average molecular weight is 705 g/mol. The van der Waals surface area contributed by atoms with Crippen molar-refractivity contribution < 1.29 is 33.2 Å². The zero-order valence-corrected chi connectivity index (χ0v) is 29.2. The van der Waals surface area contributed by atoms with Crippen LogP contribution in [0.1, 0.15) is 40.3 Å². The van der Waals surface area contributed by atoms with Crippen LogP contribution >= 0.6 is 11.6 Å². The number of ether oxygens (including phenoxy) is 6. The van der Waals surface area contributed by atoms with Crippen LogP contribution in [0.3, 0.4) is 0 Å². The van der Waals surface area contributed by atoms with E-state index in [0.717, 1.165) is 51.2 Å². The molecule has 51 heavy (non-hydrogen) atoms. The molecule has 0 radical (unpaired) electrons. The third-order valence-corrected chi connectivity index (χ3v) is 9.84. The van der Waals surface area contributed by atoms with Crippen molar-refractivity contribution in [3.8, 4) is 11.5 Å². The van der Waals surface area contributed by atoms with Crippen molar-refractivity contribution in [2.24, 2.45) is 0 Å². The Hall–Kier alpha value is -4.50. The summed E-state index contributed by atoms with van der Waals surface area (Å²) >= 11 is 6.85. The van der Waals surface area contributed by atoms with Gasteiger partial charge in [-0.3, -0.25) is 0 Å². The predicted octanol–water partition coefficient (Wildman–Crippen LogP) is 8.27. The van der Waals surface area contributed by atoms with E-state index in [2.05, 4.69) is 0 Å². The van der Waals surface area contributed by atoms with E-state index >= 15 is 0 Å². The largest absolute Gasteiger partial charge is 0.486 e. The van der Waals surface area contributed by atoms with Crippen LogP contribution in [0.2, 0.25) is 5.02 Å². The van der Waals surface area contributed by atoms with Crippen molar-refractivity contribution in [3.05, 3.63) is 166 Å². The van der Waals surface area contributed by atoms with Gasteiger partial charge in [-0.25, -0.2) is 0 Å². The minimum absolute atomic E-state index is 0.271. The van der Waals surface area contributed by atoms with Crippen LogP contribution < -0.4 is 9.47 Å². The Kier molecular flexibility index (Phi) is 11.1. The van der Waals surface area contributed by atoms with Crippen LogP contribution in [0.5, 0.6) is 11.5 Å². The van der Waals surface area contributed by atoms with E-state index in [1.165, 1.54) is 0 Å². The molecule has 5 aromatic rings. The number of benzene rings is 5. The lowest BCUT2D eigenvalue weighted by molar-refractivity contribution is -0.293. The lowest BCUT2D eigenvalue weighted by Gasteiger charge is -2.50. The number of hydrogen-bond acceptors (Lipinski definition) is 7. The molecule has 2 aliphatic heterocycles. The predicted molar refractivity (Wildman–Crippen MR) is 195 cm³/mol. The van der Waals surface area contributed by atoms with Gasteiger partial charge in [-0.1, -0.05) is 121 Å². The Morgan fingerprint density at radius 2 is 1.24 bits per heavy atom. The quantitative estimate of drug-likeness (QED) is 0.114. The fourth-order valence-electron chi connectivity index (χ4n) is 6.78. The second-order valence-corrected chi connectivity index (χ2v) is 13.4. The molecule has 1 unspecified atom stereocenters. The number of rotatable bonds is 13. The zero-order valence-electron chi connectivity index (χ0n) is 28.5. The molecule has 0 saturated carbocycles. The molecule has 0 amide bonds. The van der Waals surface area contributed by atoms with E-state index in [-0.39, 0.29) is 6.61 Å². The van der Waals surface area contributed by atoms with Gasteiger partial charge in [0.2, 0.25) is 0 Å². The van der Waals surface area contributed by atoms with E-state index < -0.39 is 30.0 Å². The maximum atomic E-state index is 12.9. The number of halogens is 1. The SMILES string of the molecule is CC1(c2ccc(Cl)c(Cc3ccc4c(c3)OCCO4)c2)O[C@H](C=O)[C@@H](OCc2ccccc2)[C@H](OCc2ccccc2)[C@H]1OCc1ccccc1. The molecule has 0 N–H and O–H groups in total. The minimum atomic E-state index is -1.14. The maximum Gasteiger partial charge on any atom is 0.161 e. The number of fused-ring (bicyclic) bond motifs is 1. The molecule has 2 aliphatic rings. The normalized spacial score (nSPS) is 22.7. The van der Waals surface area contributed by atoms with Gasteiger partial charge in [-0.05, 0) is 64.9 Å². The molecular formula is C43H41ClO7. The summed E-state index contributed by atoms with van der Waals surface area (Å²) in [5.74, 6) is 1.45. The minimum Gasteiger partial charge on any atom is -0.486 e. The first kappa shape index (κ1) is 34.9. The number of aldehydes is 1. The first-order valence-electron chi connectivity index (χ1n) is 17.3. The highest BCUT2D eigenvalue weighted by Gasteiger charge is 2.55. The second-order valence-electron chi connectivity index (χ2n) is 13.0. The number of carbonyl (C=O) groups excluding carboxylic acids is 1. The van der Waals surface area contributed by atoms with Crippen molar-refractivity contribution in [1.82, 2.24) is 0 Å². The molecule has 5 aromatic carbocycles. The summed E-state index contributed by atoms with van der Waals surface area (Å²) in [5, 5.41) is 0.614. The molecule has 5 atom stereocenters. The topological polar surface area (TPSA) is 72.5 Å². The fourth-order valence-corrected chi connectivity index (χ4v) is 6.97. The third-order valence-electron chi connectivity index (χ3n) is 9.47. The Bertz CT molecular complexity index is 1890. The first-order chi connectivity index (χ1) is 25.0. The lowest BCUT2D eigenvalue weighted by atomic mass is 9.80. The van der Waals surface area contributed by atoms with E-state index in [0.29, 0.717) is 37.9 Å². The Labute approximate surface area is 304 Å². The number of carbonyl (C=O) groups is 1. The van der Waals surface area contributed by atoms with E-state index in [9.17, 15) is 4.79 Å². The summed E-state index contributed by atoms with van der Waals surface area (Å²) < 4.78 is 38.6. The molecule has 0 bridgehead atoms. The standard InChI is InChI=1S/C43H41ClO7/c1-43(35-18-19-36(44)34(25-35)23-33-17-20-37-38(24-33)47-22-21-46-37)42(50-29-32-15-9-4-10-16-32)41(49-28-31-13-7-3-8-14-31)40(39(26-45)51-43)48-27-30-11-5-2-6-12-30/h2-20,24-26,39-42H,21-23,27-29H2,1H3/t39-,40-,41+,42-,43?/m1/s1. The van der Waals surface area contributed by atoms with Gasteiger partial charge >= 0.3 is 0 Å². The fraction of sp³-hybridized carbons (Fsp3) is 0.279. The molecule has 0 spiro atoms. The van der Waals surface area contributed by atoms with Crippen molar-refractivity contribution >= 4 is 17.9 Å². The van der Waals surface area contributed by atoms with Gasteiger partial charge in [0.15, 0.2) is 17.8 Å². The molecule has 0 aliphatic carbocycles. The second kappa shape index (κ2) is 16.2. The Morgan fingerprint density at radius 3 is 1.84 bits per heavy atom. The summed E-state index contributed by atoms with van der Waals surface area (Å²) in [5.41, 5.74) is 4.54.